The summed E-state index contributed by atoms with van der Waals surface area (Å²) in [6.07, 6.45) is 0.440. The summed E-state index contributed by atoms with van der Waals surface area (Å²) in [6.45, 7) is 0.461. The summed E-state index contributed by atoms with van der Waals surface area (Å²) in [7, 11) is 1.52. The van der Waals surface area contributed by atoms with Gasteiger partial charge in [-0.3, -0.25) is 9.59 Å². The van der Waals surface area contributed by atoms with Crippen molar-refractivity contribution in [2.75, 3.05) is 19.0 Å². The highest BCUT2D eigenvalue weighted by atomic mass is 35.5. The van der Waals surface area contributed by atoms with E-state index in [0.29, 0.717) is 29.4 Å². The number of rotatable bonds is 7. The second-order valence-electron chi connectivity index (χ2n) is 5.15. The molecule has 2 aromatic rings. The predicted octanol–water partition coefficient (Wildman–Crippen LogP) is 3.04. The molecule has 0 saturated carbocycles. The number of para-hydroxylation sites is 2. The highest BCUT2D eigenvalue weighted by Crippen LogP contribution is 2.22. The highest BCUT2D eigenvalue weighted by molar-refractivity contribution is 6.30. The molecule has 0 spiro atoms. The van der Waals surface area contributed by atoms with E-state index in [4.69, 9.17) is 16.3 Å². The third-order valence-corrected chi connectivity index (χ3v) is 3.60. The minimum atomic E-state index is -0.386. The number of hydrogen-bond acceptors (Lipinski definition) is 3. The van der Waals surface area contributed by atoms with E-state index in [1.165, 1.54) is 7.11 Å². The molecular weight excluding hydrogens is 328 g/mol. The maximum absolute atomic E-state index is 11.9. The van der Waals surface area contributed by atoms with Gasteiger partial charge in [-0.15, -0.1) is 0 Å². The maximum Gasteiger partial charge on any atom is 0.233 e. The number of hydrogen-bond donors (Lipinski definition) is 2. The van der Waals surface area contributed by atoms with E-state index in [9.17, 15) is 9.59 Å². The molecule has 0 atom stereocenters. The molecule has 126 valence electrons. The summed E-state index contributed by atoms with van der Waals surface area (Å²) >= 11 is 5.82. The van der Waals surface area contributed by atoms with Crippen molar-refractivity contribution in [1.29, 1.82) is 0 Å². The number of anilines is 1. The van der Waals surface area contributed by atoms with Gasteiger partial charge in [0.2, 0.25) is 11.8 Å². The number of methoxy groups -OCH3 is 1. The molecule has 0 unspecified atom stereocenters. The van der Waals surface area contributed by atoms with Gasteiger partial charge in [-0.25, -0.2) is 0 Å². The topological polar surface area (TPSA) is 67.4 Å². The smallest absolute Gasteiger partial charge is 0.233 e. The number of carbonyl (C=O) groups excluding carboxylic acids is 2. The van der Waals surface area contributed by atoms with Crippen molar-refractivity contribution in [3.05, 3.63) is 59.1 Å². The predicted molar refractivity (Wildman–Crippen MR) is 94.4 cm³/mol. The number of amides is 2. The van der Waals surface area contributed by atoms with E-state index in [2.05, 4.69) is 10.6 Å². The zero-order valence-electron chi connectivity index (χ0n) is 13.3. The van der Waals surface area contributed by atoms with Gasteiger partial charge < -0.3 is 15.4 Å². The fourth-order valence-corrected chi connectivity index (χ4v) is 2.27. The average molecular weight is 347 g/mol. The van der Waals surface area contributed by atoms with Gasteiger partial charge in [0.1, 0.15) is 12.2 Å². The van der Waals surface area contributed by atoms with Gasteiger partial charge in [0.05, 0.1) is 12.8 Å². The molecule has 0 aliphatic carbocycles. The van der Waals surface area contributed by atoms with Crippen LogP contribution < -0.4 is 15.4 Å². The first-order valence-electron chi connectivity index (χ1n) is 7.52. The van der Waals surface area contributed by atoms with Gasteiger partial charge in [-0.1, -0.05) is 35.9 Å². The van der Waals surface area contributed by atoms with Crippen LogP contribution in [0, 0.1) is 0 Å². The summed E-state index contributed by atoms with van der Waals surface area (Å²) in [5.74, 6) is -0.158. The van der Waals surface area contributed by atoms with Gasteiger partial charge in [-0.05, 0) is 36.2 Å². The van der Waals surface area contributed by atoms with E-state index < -0.39 is 0 Å². The normalized spacial score (nSPS) is 10.1. The minimum absolute atomic E-state index is 0.237. The van der Waals surface area contributed by atoms with Crippen LogP contribution >= 0.6 is 11.6 Å². The summed E-state index contributed by atoms with van der Waals surface area (Å²) < 4.78 is 5.15. The van der Waals surface area contributed by atoms with E-state index in [1.54, 1.807) is 36.4 Å². The standard InChI is InChI=1S/C18H19ClN2O3/c1-24-16-5-3-2-4-15(16)21-18(23)12-17(22)20-11-10-13-6-8-14(19)9-7-13/h2-9H,10-12H2,1H3,(H,20,22)(H,21,23). The zero-order valence-corrected chi connectivity index (χ0v) is 14.1. The van der Waals surface area contributed by atoms with Crippen LogP contribution in [0.15, 0.2) is 48.5 Å². The lowest BCUT2D eigenvalue weighted by Gasteiger charge is -2.10. The quantitative estimate of drug-likeness (QED) is 0.757. The first-order chi connectivity index (χ1) is 11.6. The molecule has 2 rings (SSSR count). The fraction of sp³-hybridized carbons (Fsp3) is 0.222. The Morgan fingerprint density at radius 3 is 2.46 bits per heavy atom. The van der Waals surface area contributed by atoms with Crippen molar-refractivity contribution in [1.82, 2.24) is 5.32 Å². The Hall–Kier alpha value is -2.53. The minimum Gasteiger partial charge on any atom is -0.495 e. The number of halogens is 1. The second-order valence-corrected chi connectivity index (χ2v) is 5.59. The van der Waals surface area contributed by atoms with Crippen molar-refractivity contribution in [2.45, 2.75) is 12.8 Å². The Labute approximate surface area is 146 Å². The molecule has 2 amide bonds. The van der Waals surface area contributed by atoms with Gasteiger partial charge in [0.15, 0.2) is 0 Å². The molecule has 0 aliphatic rings. The number of carbonyl (C=O) groups is 2. The monoisotopic (exact) mass is 346 g/mol. The molecule has 6 heteroatoms. The second kappa shape index (κ2) is 8.93. The SMILES string of the molecule is COc1ccccc1NC(=O)CC(=O)NCCc1ccc(Cl)cc1. The molecule has 0 saturated heterocycles. The van der Waals surface area contributed by atoms with Crippen molar-refractivity contribution >= 4 is 29.1 Å². The van der Waals surface area contributed by atoms with Crippen molar-refractivity contribution in [3.63, 3.8) is 0 Å². The third kappa shape index (κ3) is 5.59. The Balaban J connectivity index is 1.75. The van der Waals surface area contributed by atoms with Crippen LogP contribution in [0.2, 0.25) is 5.02 Å². The number of nitrogens with one attached hydrogen (secondary N) is 2. The van der Waals surface area contributed by atoms with Gasteiger partial charge in [0.25, 0.3) is 0 Å². The average Bonchev–Trinajstić information content (AvgIpc) is 2.57. The lowest BCUT2D eigenvalue weighted by atomic mass is 10.1. The fourth-order valence-electron chi connectivity index (χ4n) is 2.15. The van der Waals surface area contributed by atoms with Crippen LogP contribution in [0.3, 0.4) is 0 Å². The Kier molecular flexibility index (Phi) is 6.63. The molecule has 5 nitrogen and oxygen atoms in total. The zero-order chi connectivity index (χ0) is 17.4. The Morgan fingerprint density at radius 2 is 1.75 bits per heavy atom. The molecular formula is C18H19ClN2O3. The number of ether oxygens (including phenoxy) is 1. The van der Waals surface area contributed by atoms with Crippen LogP contribution in [0.1, 0.15) is 12.0 Å². The summed E-state index contributed by atoms with van der Waals surface area (Å²) in [4.78, 5) is 23.7. The van der Waals surface area contributed by atoms with Crippen molar-refractivity contribution in [2.24, 2.45) is 0 Å². The maximum atomic E-state index is 11.9. The van der Waals surface area contributed by atoms with Crippen LogP contribution in [0.4, 0.5) is 5.69 Å². The molecule has 0 heterocycles. The van der Waals surface area contributed by atoms with Crippen molar-refractivity contribution < 1.29 is 14.3 Å². The number of benzene rings is 2. The van der Waals surface area contributed by atoms with Gasteiger partial charge in [0, 0.05) is 11.6 Å². The van der Waals surface area contributed by atoms with Gasteiger partial charge >= 0.3 is 0 Å². The van der Waals surface area contributed by atoms with E-state index in [-0.39, 0.29) is 18.2 Å². The van der Waals surface area contributed by atoms with Crippen LogP contribution in [-0.2, 0) is 16.0 Å². The first-order valence-corrected chi connectivity index (χ1v) is 7.90. The molecule has 0 bridgehead atoms. The third-order valence-electron chi connectivity index (χ3n) is 3.35. The molecule has 0 aliphatic heterocycles. The van der Waals surface area contributed by atoms with E-state index in [1.807, 2.05) is 12.1 Å². The molecule has 24 heavy (non-hydrogen) atoms. The highest BCUT2D eigenvalue weighted by Gasteiger charge is 2.11. The van der Waals surface area contributed by atoms with Crippen molar-refractivity contribution in [3.8, 4) is 5.75 Å². The van der Waals surface area contributed by atoms with E-state index >= 15 is 0 Å². The first kappa shape index (κ1) is 17.8. The molecule has 0 radical (unpaired) electrons. The molecule has 0 fully saturated rings. The van der Waals surface area contributed by atoms with Crippen LogP contribution in [0.5, 0.6) is 5.75 Å². The van der Waals surface area contributed by atoms with Crippen LogP contribution in [0.25, 0.3) is 0 Å². The largest absolute Gasteiger partial charge is 0.495 e. The molecule has 2 N–H and O–H groups in total. The Morgan fingerprint density at radius 1 is 1.04 bits per heavy atom. The van der Waals surface area contributed by atoms with Gasteiger partial charge in [-0.2, -0.15) is 0 Å². The lowest BCUT2D eigenvalue weighted by molar-refractivity contribution is -0.126. The molecule has 2 aromatic carbocycles. The van der Waals surface area contributed by atoms with E-state index in [0.717, 1.165) is 5.56 Å². The summed E-state index contributed by atoms with van der Waals surface area (Å²) in [5.41, 5.74) is 1.61. The summed E-state index contributed by atoms with van der Waals surface area (Å²) in [6, 6.07) is 14.5. The Bertz CT molecular complexity index is 702. The lowest BCUT2D eigenvalue weighted by Crippen LogP contribution is -2.29. The van der Waals surface area contributed by atoms with Crippen LogP contribution in [-0.4, -0.2) is 25.5 Å². The molecule has 0 aromatic heterocycles. The summed E-state index contributed by atoms with van der Waals surface area (Å²) in [5, 5.41) is 6.07.